The van der Waals surface area contributed by atoms with Crippen molar-refractivity contribution in [1.82, 2.24) is 0 Å². The van der Waals surface area contributed by atoms with Gasteiger partial charge in [-0.15, -0.1) is 0 Å². The van der Waals surface area contributed by atoms with E-state index in [0.717, 1.165) is 16.3 Å². The van der Waals surface area contributed by atoms with Gasteiger partial charge in [-0.05, 0) is 21.8 Å². The van der Waals surface area contributed by atoms with Gasteiger partial charge >= 0.3 is 5.97 Å². The van der Waals surface area contributed by atoms with Crippen LogP contribution in [0.4, 0.5) is 0 Å². The molecule has 1 heterocycles. The predicted molar refractivity (Wildman–Crippen MR) is 92.4 cm³/mol. The lowest BCUT2D eigenvalue weighted by Gasteiger charge is -2.36. The Balaban J connectivity index is 1.83. The van der Waals surface area contributed by atoms with Crippen LogP contribution < -0.4 is 0 Å². The van der Waals surface area contributed by atoms with E-state index in [1.807, 2.05) is 32.0 Å². The van der Waals surface area contributed by atoms with E-state index < -0.39 is 0 Å². The highest BCUT2D eigenvalue weighted by Crippen LogP contribution is 2.46. The van der Waals surface area contributed by atoms with E-state index in [1.54, 1.807) is 0 Å². The van der Waals surface area contributed by atoms with Gasteiger partial charge in [0.2, 0.25) is 0 Å². The van der Waals surface area contributed by atoms with Gasteiger partial charge in [-0.1, -0.05) is 56.3 Å². The van der Waals surface area contributed by atoms with Gasteiger partial charge in [0.15, 0.2) is 5.78 Å². The Morgan fingerprint density at radius 3 is 2.54 bits per heavy atom. The number of allylic oxidation sites excluding steroid dienone is 2. The van der Waals surface area contributed by atoms with E-state index >= 15 is 0 Å². The Morgan fingerprint density at radius 1 is 1.00 bits per heavy atom. The van der Waals surface area contributed by atoms with Gasteiger partial charge in [-0.25, -0.2) is 0 Å². The summed E-state index contributed by atoms with van der Waals surface area (Å²) in [6, 6.07) is 14.3. The number of fused-ring (bicyclic) bond motifs is 1. The fourth-order valence-corrected chi connectivity index (χ4v) is 3.91. The molecule has 0 saturated heterocycles. The maximum absolute atomic E-state index is 12.7. The van der Waals surface area contributed by atoms with E-state index in [0.29, 0.717) is 24.2 Å². The summed E-state index contributed by atoms with van der Waals surface area (Å²) in [5.41, 5.74) is 1.58. The molecule has 2 aliphatic rings. The van der Waals surface area contributed by atoms with Crippen molar-refractivity contribution in [2.24, 2.45) is 5.41 Å². The van der Waals surface area contributed by atoms with E-state index in [2.05, 4.69) is 24.3 Å². The van der Waals surface area contributed by atoms with Gasteiger partial charge in [0.1, 0.15) is 5.76 Å². The predicted octanol–water partition coefficient (Wildman–Crippen LogP) is 4.51. The fourth-order valence-electron chi connectivity index (χ4n) is 3.91. The number of ketones is 1. The van der Waals surface area contributed by atoms with Crippen molar-refractivity contribution in [1.29, 1.82) is 0 Å². The number of carbonyl (C=O) groups is 2. The Morgan fingerprint density at radius 2 is 1.75 bits per heavy atom. The summed E-state index contributed by atoms with van der Waals surface area (Å²) in [6.07, 6.45) is 1.39. The molecule has 3 heteroatoms. The molecule has 0 fully saturated rings. The Hall–Kier alpha value is -2.42. The first kappa shape index (κ1) is 15.1. The quantitative estimate of drug-likeness (QED) is 0.726. The van der Waals surface area contributed by atoms with Gasteiger partial charge in [-0.3, -0.25) is 9.59 Å². The standard InChI is InChI=1S/C21H20O3/c1-21(2)11-17(22)20-16(10-19(23)24-18(20)12-21)15-8-7-13-5-3-4-6-14(13)9-15/h3-9,16H,10-12H2,1-2H3/t16-/m0/s1. The van der Waals surface area contributed by atoms with Crippen LogP contribution in [0.1, 0.15) is 44.6 Å². The monoisotopic (exact) mass is 320 g/mol. The molecule has 0 unspecified atom stereocenters. The number of benzene rings is 2. The molecule has 0 spiro atoms. The highest BCUT2D eigenvalue weighted by Gasteiger charge is 2.42. The Bertz CT molecular complexity index is 889. The molecule has 2 aromatic carbocycles. The van der Waals surface area contributed by atoms with Crippen LogP contribution in [0.3, 0.4) is 0 Å². The topological polar surface area (TPSA) is 43.4 Å². The molecule has 0 N–H and O–H groups in total. The minimum atomic E-state index is -0.239. The second-order valence-electron chi connectivity index (χ2n) is 7.62. The lowest BCUT2D eigenvalue weighted by molar-refractivity contribution is -0.142. The van der Waals surface area contributed by atoms with Crippen molar-refractivity contribution >= 4 is 22.5 Å². The van der Waals surface area contributed by atoms with Crippen LogP contribution in [0.5, 0.6) is 0 Å². The molecule has 0 amide bonds. The van der Waals surface area contributed by atoms with Crippen LogP contribution in [-0.4, -0.2) is 11.8 Å². The minimum absolute atomic E-state index is 0.118. The molecular weight excluding hydrogens is 300 g/mol. The minimum Gasteiger partial charge on any atom is -0.431 e. The molecule has 3 nitrogen and oxygen atoms in total. The van der Waals surface area contributed by atoms with Crippen LogP contribution in [0.25, 0.3) is 10.8 Å². The van der Waals surface area contributed by atoms with Gasteiger partial charge in [0.05, 0.1) is 6.42 Å². The number of hydrogen-bond donors (Lipinski definition) is 0. The number of carbonyl (C=O) groups excluding carboxylic acids is 2. The molecule has 0 saturated carbocycles. The average Bonchev–Trinajstić information content (AvgIpc) is 2.52. The lowest BCUT2D eigenvalue weighted by Crippen LogP contribution is -2.33. The molecule has 4 rings (SSSR count). The highest BCUT2D eigenvalue weighted by atomic mass is 16.5. The van der Waals surface area contributed by atoms with Gasteiger partial charge in [0, 0.05) is 24.3 Å². The van der Waals surface area contributed by atoms with Gasteiger partial charge < -0.3 is 4.74 Å². The molecule has 1 aliphatic heterocycles. The summed E-state index contributed by atoms with van der Waals surface area (Å²) >= 11 is 0. The Kier molecular flexibility index (Phi) is 3.34. The summed E-state index contributed by atoms with van der Waals surface area (Å²) in [6.45, 7) is 4.09. The molecule has 0 bridgehead atoms. The number of rotatable bonds is 1. The van der Waals surface area contributed by atoms with E-state index in [1.165, 1.54) is 0 Å². The summed E-state index contributed by atoms with van der Waals surface area (Å²) in [4.78, 5) is 24.9. The van der Waals surface area contributed by atoms with Crippen molar-refractivity contribution in [3.8, 4) is 0 Å². The molecule has 122 valence electrons. The van der Waals surface area contributed by atoms with E-state index in [4.69, 9.17) is 4.74 Å². The third kappa shape index (κ3) is 2.54. The Labute approximate surface area is 141 Å². The summed E-state index contributed by atoms with van der Waals surface area (Å²) in [5, 5.41) is 2.28. The highest BCUT2D eigenvalue weighted by molar-refractivity contribution is 6.01. The molecule has 1 aliphatic carbocycles. The molecule has 24 heavy (non-hydrogen) atoms. The van der Waals surface area contributed by atoms with Crippen molar-refractivity contribution < 1.29 is 14.3 Å². The van der Waals surface area contributed by atoms with Crippen LogP contribution in [0.2, 0.25) is 0 Å². The largest absolute Gasteiger partial charge is 0.431 e. The third-order valence-corrected chi connectivity index (χ3v) is 5.01. The van der Waals surface area contributed by atoms with E-state index in [-0.39, 0.29) is 29.5 Å². The van der Waals surface area contributed by atoms with Crippen molar-refractivity contribution in [2.45, 2.75) is 39.0 Å². The number of Topliss-reactive ketones (excluding diaryl/α,β-unsaturated/α-hetero) is 1. The number of ether oxygens (including phenoxy) is 1. The summed E-state index contributed by atoms with van der Waals surface area (Å²) in [7, 11) is 0. The first-order valence-corrected chi connectivity index (χ1v) is 8.39. The zero-order chi connectivity index (χ0) is 16.9. The second-order valence-corrected chi connectivity index (χ2v) is 7.62. The third-order valence-electron chi connectivity index (χ3n) is 5.01. The summed E-state index contributed by atoms with van der Waals surface area (Å²) in [5.74, 6) is 0.282. The van der Waals surface area contributed by atoms with E-state index in [9.17, 15) is 9.59 Å². The molecule has 0 radical (unpaired) electrons. The van der Waals surface area contributed by atoms with Crippen molar-refractivity contribution in [3.05, 3.63) is 59.4 Å². The zero-order valence-corrected chi connectivity index (χ0v) is 14.0. The molecule has 0 aromatic heterocycles. The molecule has 1 atom stereocenters. The first-order valence-electron chi connectivity index (χ1n) is 8.39. The number of esters is 1. The second kappa shape index (κ2) is 5.30. The fraction of sp³-hybridized carbons (Fsp3) is 0.333. The number of hydrogen-bond acceptors (Lipinski definition) is 3. The smallest absolute Gasteiger partial charge is 0.311 e. The maximum atomic E-state index is 12.7. The average molecular weight is 320 g/mol. The first-order chi connectivity index (χ1) is 11.4. The van der Waals surface area contributed by atoms with Crippen LogP contribution in [0, 0.1) is 5.41 Å². The van der Waals surface area contributed by atoms with Gasteiger partial charge in [0.25, 0.3) is 0 Å². The molecule has 2 aromatic rings. The molecular formula is C21H20O3. The summed E-state index contributed by atoms with van der Waals surface area (Å²) < 4.78 is 5.46. The SMILES string of the molecule is CC1(C)CC(=O)C2=C(C1)OC(=O)C[C@H]2c1ccc2ccccc2c1. The van der Waals surface area contributed by atoms with Crippen LogP contribution in [0.15, 0.2) is 53.8 Å². The normalized spacial score (nSPS) is 23.2. The van der Waals surface area contributed by atoms with Crippen molar-refractivity contribution in [2.75, 3.05) is 0 Å². The zero-order valence-electron chi connectivity index (χ0n) is 14.0. The van der Waals surface area contributed by atoms with Gasteiger partial charge in [-0.2, -0.15) is 0 Å². The van der Waals surface area contributed by atoms with Crippen LogP contribution in [-0.2, 0) is 14.3 Å². The maximum Gasteiger partial charge on any atom is 0.311 e. The van der Waals surface area contributed by atoms with Crippen molar-refractivity contribution in [3.63, 3.8) is 0 Å². The lowest BCUT2D eigenvalue weighted by atomic mass is 9.71. The van der Waals surface area contributed by atoms with Crippen LogP contribution >= 0.6 is 0 Å².